The van der Waals surface area contributed by atoms with Gasteiger partial charge in [0.15, 0.2) is 0 Å². The third kappa shape index (κ3) is 5.50. The molecule has 0 aromatic rings. The van der Waals surface area contributed by atoms with Crippen molar-refractivity contribution in [3.8, 4) is 0 Å². The van der Waals surface area contributed by atoms with E-state index in [1.165, 1.54) is 0 Å². The number of carbonyl (C=O) groups is 1. The van der Waals surface area contributed by atoms with Crippen LogP contribution in [0.4, 0.5) is 0 Å². The Bertz CT molecular complexity index is 184. The van der Waals surface area contributed by atoms with E-state index >= 15 is 0 Å². The van der Waals surface area contributed by atoms with Crippen LogP contribution in [0.25, 0.3) is 0 Å². The largest absolute Gasteiger partial charge is 0.344 e. The summed E-state index contributed by atoms with van der Waals surface area (Å²) in [5.74, 6) is -0.594. The van der Waals surface area contributed by atoms with Gasteiger partial charge in [0, 0.05) is 0 Å². The first-order valence-corrected chi connectivity index (χ1v) is 4.20. The van der Waals surface area contributed by atoms with Gasteiger partial charge in [-0.3, -0.25) is 9.36 Å². The molecule has 0 aromatic heterocycles. The summed E-state index contributed by atoms with van der Waals surface area (Å²) >= 11 is 0. The molecule has 5 nitrogen and oxygen atoms in total. The van der Waals surface area contributed by atoms with Gasteiger partial charge >= 0.3 is 7.60 Å². The molecule has 10 heavy (non-hydrogen) atoms. The zero-order valence-corrected chi connectivity index (χ0v) is 6.04. The van der Waals surface area contributed by atoms with E-state index in [0.29, 0.717) is 0 Å². The maximum absolute atomic E-state index is 10.3. The number of nitrogens with one attached hydrogen (secondary N) is 1. The summed E-state index contributed by atoms with van der Waals surface area (Å²) in [6.45, 7) is 3.10. The second kappa shape index (κ2) is 3.51. The molecule has 0 unspecified atom stereocenters. The van der Waals surface area contributed by atoms with Crippen molar-refractivity contribution in [3.63, 3.8) is 0 Å². The molecule has 3 N–H and O–H groups in total. The van der Waals surface area contributed by atoms with Crippen molar-refractivity contribution in [1.82, 2.24) is 5.32 Å². The number of amides is 1. The summed E-state index contributed by atoms with van der Waals surface area (Å²) in [6.07, 6.45) is 0.299. The predicted octanol–water partition coefficient (Wildman–Crippen LogP) is -0.576. The third-order valence-corrected chi connectivity index (χ3v) is 1.21. The van der Waals surface area contributed by atoms with Gasteiger partial charge in [0.1, 0.15) is 6.29 Å². The molecule has 0 atom stereocenters. The molecule has 0 aliphatic heterocycles. The van der Waals surface area contributed by atoms with Crippen molar-refractivity contribution < 1.29 is 19.1 Å². The molecule has 0 radical (unpaired) electrons. The highest BCUT2D eigenvalue weighted by molar-refractivity contribution is 7.51. The monoisotopic (exact) mass is 165 g/mol. The second-order valence-corrected chi connectivity index (χ2v) is 3.21. The molecule has 1 amide bonds. The van der Waals surface area contributed by atoms with E-state index in [2.05, 4.69) is 6.58 Å². The van der Waals surface area contributed by atoms with Gasteiger partial charge in [-0.2, -0.15) is 0 Å². The van der Waals surface area contributed by atoms with Crippen LogP contribution in [0.1, 0.15) is 0 Å². The lowest BCUT2D eigenvalue weighted by Crippen LogP contribution is -2.21. The molecule has 0 aliphatic carbocycles. The van der Waals surface area contributed by atoms with E-state index in [1.54, 1.807) is 0 Å². The Morgan fingerprint density at radius 1 is 1.70 bits per heavy atom. The van der Waals surface area contributed by atoms with Crippen LogP contribution in [-0.2, 0) is 9.36 Å². The third-order valence-electron chi connectivity index (χ3n) is 0.645. The molecule has 0 rings (SSSR count). The average Bonchev–Trinajstić information content (AvgIpc) is 1.81. The zero-order valence-electron chi connectivity index (χ0n) is 5.15. The molecule has 0 aromatic carbocycles. The molecule has 0 heterocycles. The van der Waals surface area contributed by atoms with Crippen molar-refractivity contribution in [2.24, 2.45) is 0 Å². The van der Waals surface area contributed by atoms with Gasteiger partial charge in [-0.25, -0.2) is 0 Å². The fourth-order valence-electron chi connectivity index (χ4n) is 0.253. The Hall–Kier alpha value is -0.640. The quantitative estimate of drug-likeness (QED) is 0.386. The van der Waals surface area contributed by atoms with Crippen molar-refractivity contribution >= 4 is 13.5 Å². The van der Waals surface area contributed by atoms with Gasteiger partial charge in [0.2, 0.25) is 5.91 Å². The first kappa shape index (κ1) is 9.36. The molecule has 0 spiro atoms. The zero-order chi connectivity index (χ0) is 8.20. The summed E-state index contributed by atoms with van der Waals surface area (Å²) in [5, 5.41) is 1.95. The summed E-state index contributed by atoms with van der Waals surface area (Å²) < 4.78 is 10.1. The Morgan fingerprint density at radius 3 is 2.50 bits per heavy atom. The van der Waals surface area contributed by atoms with Gasteiger partial charge in [-0.15, -0.1) is 0 Å². The highest BCUT2D eigenvalue weighted by atomic mass is 31.2. The Morgan fingerprint density at radius 2 is 2.20 bits per heavy atom. The van der Waals surface area contributed by atoms with E-state index in [0.717, 1.165) is 6.08 Å². The maximum Gasteiger partial charge on any atom is 0.344 e. The van der Waals surface area contributed by atoms with Crippen LogP contribution in [0.3, 0.4) is 0 Å². The lowest BCUT2D eigenvalue weighted by molar-refractivity contribution is -0.116. The first-order valence-electron chi connectivity index (χ1n) is 2.40. The standard InChI is InChI=1S/C4H8NO4P/c1-2-4(6)5-3-10(7,8)9/h2H,1,3H2,(H,5,6)(H2,7,8,9). The minimum atomic E-state index is -4.11. The Labute approximate surface area is 57.9 Å². The van der Waals surface area contributed by atoms with Crippen molar-refractivity contribution in [2.45, 2.75) is 0 Å². The smallest absolute Gasteiger partial charge is 0.341 e. The molecule has 58 valence electrons. The lowest BCUT2D eigenvalue weighted by Gasteiger charge is -2.02. The van der Waals surface area contributed by atoms with E-state index < -0.39 is 19.8 Å². The second-order valence-electron chi connectivity index (χ2n) is 1.57. The van der Waals surface area contributed by atoms with Gasteiger partial charge in [0.25, 0.3) is 0 Å². The molecular formula is C4H8NO4P. The summed E-state index contributed by atoms with van der Waals surface area (Å²) in [5.41, 5.74) is 0. The summed E-state index contributed by atoms with van der Waals surface area (Å²) in [6, 6.07) is 0. The average molecular weight is 165 g/mol. The lowest BCUT2D eigenvalue weighted by atomic mass is 10.6. The Kier molecular flexibility index (Phi) is 3.28. The van der Waals surface area contributed by atoms with Crippen LogP contribution in [0.2, 0.25) is 0 Å². The van der Waals surface area contributed by atoms with E-state index in [1.807, 2.05) is 5.32 Å². The van der Waals surface area contributed by atoms with Crippen LogP contribution < -0.4 is 5.32 Å². The molecule has 0 bridgehead atoms. The van der Waals surface area contributed by atoms with Crippen molar-refractivity contribution in [1.29, 1.82) is 0 Å². The van der Waals surface area contributed by atoms with Crippen LogP contribution in [-0.4, -0.2) is 22.0 Å². The normalized spacial score (nSPS) is 10.6. The number of rotatable bonds is 3. The van der Waals surface area contributed by atoms with E-state index in [9.17, 15) is 9.36 Å². The van der Waals surface area contributed by atoms with Crippen LogP contribution >= 0.6 is 7.60 Å². The summed E-state index contributed by atoms with van der Waals surface area (Å²) in [7, 11) is -4.11. The Balaban J connectivity index is 3.66. The SMILES string of the molecule is C=CC(=O)NCP(=O)(O)O. The molecule has 0 fully saturated rings. The molecule has 0 aliphatic rings. The van der Waals surface area contributed by atoms with Crippen molar-refractivity contribution in [2.75, 3.05) is 6.29 Å². The number of hydrogen-bond acceptors (Lipinski definition) is 2. The maximum atomic E-state index is 10.3. The fraction of sp³-hybridized carbons (Fsp3) is 0.250. The summed E-state index contributed by atoms with van der Waals surface area (Å²) in [4.78, 5) is 26.7. The molecule has 0 saturated heterocycles. The minimum absolute atomic E-state index is 0.594. The first-order chi connectivity index (χ1) is 4.45. The van der Waals surface area contributed by atoms with Crippen LogP contribution in [0, 0.1) is 0 Å². The van der Waals surface area contributed by atoms with E-state index in [4.69, 9.17) is 9.79 Å². The van der Waals surface area contributed by atoms with Crippen LogP contribution in [0.15, 0.2) is 12.7 Å². The van der Waals surface area contributed by atoms with Crippen LogP contribution in [0.5, 0.6) is 0 Å². The van der Waals surface area contributed by atoms with Gasteiger partial charge in [-0.05, 0) is 6.08 Å². The molecule has 0 saturated carbocycles. The highest BCUT2D eigenvalue weighted by Gasteiger charge is 2.12. The fourth-order valence-corrected chi connectivity index (χ4v) is 0.615. The molecule has 6 heteroatoms. The number of hydrogen-bond donors (Lipinski definition) is 3. The highest BCUT2D eigenvalue weighted by Crippen LogP contribution is 2.31. The van der Waals surface area contributed by atoms with Gasteiger partial charge < -0.3 is 15.1 Å². The number of carbonyl (C=O) groups excluding carboxylic acids is 1. The predicted molar refractivity (Wildman–Crippen MR) is 35.3 cm³/mol. The molecular weight excluding hydrogens is 157 g/mol. The van der Waals surface area contributed by atoms with E-state index in [-0.39, 0.29) is 0 Å². The van der Waals surface area contributed by atoms with Crippen molar-refractivity contribution in [3.05, 3.63) is 12.7 Å². The minimum Gasteiger partial charge on any atom is -0.341 e. The van der Waals surface area contributed by atoms with Gasteiger partial charge in [0.05, 0.1) is 0 Å². The van der Waals surface area contributed by atoms with Gasteiger partial charge in [-0.1, -0.05) is 6.58 Å². The topological polar surface area (TPSA) is 86.6 Å².